The van der Waals surface area contributed by atoms with Gasteiger partial charge in [0, 0.05) is 0 Å². The highest BCUT2D eigenvalue weighted by Crippen LogP contribution is 2.20. The Labute approximate surface area is 101 Å². The van der Waals surface area contributed by atoms with Gasteiger partial charge in [-0.25, -0.2) is 4.98 Å². The minimum absolute atomic E-state index is 0.344. The topological polar surface area (TPSA) is 38.9 Å². The third-order valence-corrected chi connectivity index (χ3v) is 2.89. The second-order valence-corrected chi connectivity index (χ2v) is 4.25. The molecule has 16 heavy (non-hydrogen) atoms. The van der Waals surface area contributed by atoms with Gasteiger partial charge in [-0.3, -0.25) is 0 Å². The molecule has 1 atom stereocenters. The van der Waals surface area contributed by atoms with Gasteiger partial charge in [-0.15, -0.1) is 0 Å². The van der Waals surface area contributed by atoms with E-state index in [1.54, 1.807) is 12.1 Å². The summed E-state index contributed by atoms with van der Waals surface area (Å²) in [7, 11) is 0. The van der Waals surface area contributed by atoms with Gasteiger partial charge in [0.05, 0.1) is 16.2 Å². The summed E-state index contributed by atoms with van der Waals surface area (Å²) in [5, 5.41) is 0. The smallest absolute Gasteiger partial charge is 0.227 e. The Hall–Kier alpha value is -1.26. The molecule has 0 aliphatic heterocycles. The zero-order chi connectivity index (χ0) is 11.5. The summed E-state index contributed by atoms with van der Waals surface area (Å²) in [6.45, 7) is 0. The standard InChI is InChI=1S/C12H10BrFN2/c13-9-6-7-10(16-12(9)14)11(15)8-4-2-1-3-5-8/h1-7,11H,15H2/t11-/m0/s1. The van der Waals surface area contributed by atoms with Crippen molar-refractivity contribution in [2.45, 2.75) is 6.04 Å². The lowest BCUT2D eigenvalue weighted by Gasteiger charge is -2.11. The van der Waals surface area contributed by atoms with Gasteiger partial charge in [0.2, 0.25) is 5.95 Å². The third-order valence-electron chi connectivity index (χ3n) is 2.30. The molecular formula is C12H10BrFN2. The van der Waals surface area contributed by atoms with Crippen molar-refractivity contribution in [1.82, 2.24) is 4.98 Å². The zero-order valence-electron chi connectivity index (χ0n) is 8.40. The molecule has 2 aromatic rings. The number of nitrogens with zero attached hydrogens (tertiary/aromatic N) is 1. The van der Waals surface area contributed by atoms with Crippen LogP contribution in [0.3, 0.4) is 0 Å². The van der Waals surface area contributed by atoms with Gasteiger partial charge in [0.25, 0.3) is 0 Å². The lowest BCUT2D eigenvalue weighted by Crippen LogP contribution is -2.14. The second kappa shape index (κ2) is 4.72. The Morgan fingerprint density at radius 2 is 1.81 bits per heavy atom. The number of halogens is 2. The molecule has 0 amide bonds. The summed E-state index contributed by atoms with van der Waals surface area (Å²) in [6.07, 6.45) is 0. The molecule has 1 aromatic heterocycles. The second-order valence-electron chi connectivity index (χ2n) is 3.40. The lowest BCUT2D eigenvalue weighted by molar-refractivity contribution is 0.565. The summed E-state index contributed by atoms with van der Waals surface area (Å²) < 4.78 is 13.6. The van der Waals surface area contributed by atoms with Crippen LogP contribution in [0.15, 0.2) is 46.9 Å². The fourth-order valence-electron chi connectivity index (χ4n) is 1.44. The molecule has 0 bridgehead atoms. The molecule has 0 fully saturated rings. The fourth-order valence-corrected chi connectivity index (χ4v) is 1.66. The molecule has 0 aliphatic carbocycles. The van der Waals surface area contributed by atoms with Crippen molar-refractivity contribution in [3.8, 4) is 0 Å². The van der Waals surface area contributed by atoms with Crippen LogP contribution in [0.5, 0.6) is 0 Å². The van der Waals surface area contributed by atoms with Gasteiger partial charge in [-0.2, -0.15) is 4.39 Å². The van der Waals surface area contributed by atoms with E-state index in [1.807, 2.05) is 30.3 Å². The number of benzene rings is 1. The van der Waals surface area contributed by atoms with E-state index in [4.69, 9.17) is 5.73 Å². The maximum Gasteiger partial charge on any atom is 0.227 e. The number of aromatic nitrogens is 1. The molecule has 0 unspecified atom stereocenters. The first-order valence-corrected chi connectivity index (χ1v) is 5.60. The summed E-state index contributed by atoms with van der Waals surface area (Å²) in [6, 6.07) is 12.4. The largest absolute Gasteiger partial charge is 0.319 e. The maximum absolute atomic E-state index is 13.2. The number of hydrogen-bond donors (Lipinski definition) is 1. The molecule has 4 heteroatoms. The van der Waals surface area contributed by atoms with Crippen LogP contribution in [0, 0.1) is 5.95 Å². The fraction of sp³-hybridized carbons (Fsp3) is 0.0833. The highest BCUT2D eigenvalue weighted by molar-refractivity contribution is 9.10. The van der Waals surface area contributed by atoms with Crippen LogP contribution in [0.2, 0.25) is 0 Å². The molecule has 2 N–H and O–H groups in total. The Kier molecular flexibility index (Phi) is 3.31. The number of rotatable bonds is 2. The van der Waals surface area contributed by atoms with Crippen LogP contribution in [0.1, 0.15) is 17.3 Å². The molecular weight excluding hydrogens is 271 g/mol. The van der Waals surface area contributed by atoms with E-state index in [2.05, 4.69) is 20.9 Å². The van der Waals surface area contributed by atoms with Crippen LogP contribution in [0.25, 0.3) is 0 Å². The van der Waals surface area contributed by atoms with Crippen LogP contribution >= 0.6 is 15.9 Å². The Balaban J connectivity index is 2.34. The van der Waals surface area contributed by atoms with E-state index < -0.39 is 12.0 Å². The molecule has 1 aromatic carbocycles. The van der Waals surface area contributed by atoms with Crippen LogP contribution < -0.4 is 5.73 Å². The first kappa shape index (κ1) is 11.2. The van der Waals surface area contributed by atoms with E-state index in [0.717, 1.165) is 5.56 Å². The van der Waals surface area contributed by atoms with E-state index >= 15 is 0 Å². The van der Waals surface area contributed by atoms with Gasteiger partial charge in [-0.1, -0.05) is 30.3 Å². The minimum Gasteiger partial charge on any atom is -0.319 e. The van der Waals surface area contributed by atoms with Crippen molar-refractivity contribution in [1.29, 1.82) is 0 Å². The average molecular weight is 281 g/mol. The number of pyridine rings is 1. The van der Waals surface area contributed by atoms with E-state index in [9.17, 15) is 4.39 Å². The third kappa shape index (κ3) is 2.28. The van der Waals surface area contributed by atoms with Crippen molar-refractivity contribution in [3.05, 3.63) is 64.1 Å². The Morgan fingerprint density at radius 3 is 2.44 bits per heavy atom. The van der Waals surface area contributed by atoms with E-state index in [1.165, 1.54) is 0 Å². The van der Waals surface area contributed by atoms with Crippen LogP contribution in [-0.4, -0.2) is 4.98 Å². The SMILES string of the molecule is N[C@@H](c1ccccc1)c1ccc(Br)c(F)n1. The number of nitrogens with two attached hydrogens (primary N) is 1. The normalized spacial score (nSPS) is 12.4. The Bertz CT molecular complexity index is 488. The summed E-state index contributed by atoms with van der Waals surface area (Å²) >= 11 is 3.06. The van der Waals surface area contributed by atoms with E-state index in [-0.39, 0.29) is 0 Å². The summed E-state index contributed by atoms with van der Waals surface area (Å²) in [5.41, 5.74) is 7.42. The average Bonchev–Trinajstić information content (AvgIpc) is 2.33. The monoisotopic (exact) mass is 280 g/mol. The molecule has 0 saturated heterocycles. The van der Waals surface area contributed by atoms with Crippen molar-refractivity contribution >= 4 is 15.9 Å². The van der Waals surface area contributed by atoms with Crippen molar-refractivity contribution in [3.63, 3.8) is 0 Å². The molecule has 2 rings (SSSR count). The van der Waals surface area contributed by atoms with Crippen LogP contribution in [-0.2, 0) is 0 Å². The van der Waals surface area contributed by atoms with E-state index in [0.29, 0.717) is 10.2 Å². The van der Waals surface area contributed by atoms with Gasteiger partial charge in [0.15, 0.2) is 0 Å². The van der Waals surface area contributed by atoms with Gasteiger partial charge in [-0.05, 0) is 33.6 Å². The molecule has 82 valence electrons. The van der Waals surface area contributed by atoms with Crippen LogP contribution in [0.4, 0.5) is 4.39 Å². The lowest BCUT2D eigenvalue weighted by atomic mass is 10.0. The van der Waals surface area contributed by atoms with Crippen molar-refractivity contribution < 1.29 is 4.39 Å². The van der Waals surface area contributed by atoms with Crippen molar-refractivity contribution in [2.24, 2.45) is 5.73 Å². The molecule has 0 spiro atoms. The summed E-state index contributed by atoms with van der Waals surface area (Å²) in [5.74, 6) is -0.538. The van der Waals surface area contributed by atoms with Gasteiger partial charge < -0.3 is 5.73 Å². The van der Waals surface area contributed by atoms with Gasteiger partial charge >= 0.3 is 0 Å². The first-order chi connectivity index (χ1) is 7.68. The first-order valence-electron chi connectivity index (χ1n) is 4.81. The highest BCUT2D eigenvalue weighted by atomic mass is 79.9. The Morgan fingerprint density at radius 1 is 1.12 bits per heavy atom. The molecule has 0 radical (unpaired) electrons. The summed E-state index contributed by atoms with van der Waals surface area (Å²) in [4.78, 5) is 3.81. The quantitative estimate of drug-likeness (QED) is 0.859. The predicted molar refractivity (Wildman–Crippen MR) is 64.4 cm³/mol. The predicted octanol–water partition coefficient (Wildman–Crippen LogP) is 3.03. The molecule has 0 saturated carbocycles. The van der Waals surface area contributed by atoms with Crippen molar-refractivity contribution in [2.75, 3.05) is 0 Å². The number of hydrogen-bond acceptors (Lipinski definition) is 2. The molecule has 2 nitrogen and oxygen atoms in total. The highest BCUT2D eigenvalue weighted by Gasteiger charge is 2.11. The molecule has 1 heterocycles. The minimum atomic E-state index is -0.538. The maximum atomic E-state index is 13.2. The zero-order valence-corrected chi connectivity index (χ0v) is 9.99. The van der Waals surface area contributed by atoms with Gasteiger partial charge in [0.1, 0.15) is 0 Å². The molecule has 0 aliphatic rings.